The molecule has 0 aromatic rings. The van der Waals surface area contributed by atoms with Gasteiger partial charge in [-0.1, -0.05) is 0 Å². The molecular formula is C6H10F3NO. The van der Waals surface area contributed by atoms with Gasteiger partial charge in [0.1, 0.15) is 0 Å². The second-order valence-electron chi connectivity index (χ2n) is 2.62. The number of rotatable bonds is 1. The van der Waals surface area contributed by atoms with Gasteiger partial charge in [-0.05, 0) is 13.0 Å². The molecule has 66 valence electrons. The van der Waals surface area contributed by atoms with Crippen molar-refractivity contribution in [2.24, 2.45) is 0 Å². The number of hydrogen-bond donors (Lipinski definition) is 1. The minimum atomic E-state index is -4.26. The number of methoxy groups -OCH3 is 1. The van der Waals surface area contributed by atoms with Gasteiger partial charge in [0.25, 0.3) is 0 Å². The molecule has 0 aromatic carbocycles. The summed E-state index contributed by atoms with van der Waals surface area (Å²) >= 11 is 0. The van der Waals surface area contributed by atoms with Crippen molar-refractivity contribution < 1.29 is 17.9 Å². The van der Waals surface area contributed by atoms with E-state index in [9.17, 15) is 13.2 Å². The molecule has 1 saturated heterocycles. The average molecular weight is 169 g/mol. The van der Waals surface area contributed by atoms with Crippen molar-refractivity contribution in [2.75, 3.05) is 20.2 Å². The highest BCUT2D eigenvalue weighted by Gasteiger charge is 2.56. The number of ether oxygens (including phenoxy) is 1. The summed E-state index contributed by atoms with van der Waals surface area (Å²) in [7, 11) is 1.10. The highest BCUT2D eigenvalue weighted by molar-refractivity contribution is 4.95. The van der Waals surface area contributed by atoms with Crippen LogP contribution in [0.4, 0.5) is 13.2 Å². The van der Waals surface area contributed by atoms with Gasteiger partial charge in [-0.2, -0.15) is 13.2 Å². The van der Waals surface area contributed by atoms with Gasteiger partial charge in [0, 0.05) is 13.7 Å². The molecule has 0 amide bonds. The Labute approximate surface area is 62.7 Å². The third-order valence-electron chi connectivity index (χ3n) is 2.02. The van der Waals surface area contributed by atoms with Crippen molar-refractivity contribution >= 4 is 0 Å². The molecule has 1 N–H and O–H groups in total. The Bertz CT molecular complexity index is 139. The zero-order valence-electron chi connectivity index (χ0n) is 6.16. The lowest BCUT2D eigenvalue weighted by molar-refractivity contribution is -0.261. The Balaban J connectivity index is 2.75. The van der Waals surface area contributed by atoms with Crippen molar-refractivity contribution in [3.8, 4) is 0 Å². The van der Waals surface area contributed by atoms with E-state index in [4.69, 9.17) is 0 Å². The van der Waals surface area contributed by atoms with Crippen LogP contribution in [-0.2, 0) is 4.74 Å². The van der Waals surface area contributed by atoms with Gasteiger partial charge in [-0.25, -0.2) is 0 Å². The van der Waals surface area contributed by atoms with Crippen molar-refractivity contribution in [1.29, 1.82) is 0 Å². The molecule has 1 unspecified atom stereocenters. The molecule has 0 saturated carbocycles. The van der Waals surface area contributed by atoms with E-state index < -0.39 is 11.8 Å². The molecule has 1 aliphatic heterocycles. The highest BCUT2D eigenvalue weighted by atomic mass is 19.4. The predicted molar refractivity (Wildman–Crippen MR) is 33.3 cm³/mol. The maximum atomic E-state index is 12.3. The first-order valence-electron chi connectivity index (χ1n) is 3.34. The minimum absolute atomic E-state index is 0.00694. The standard InChI is InChI=1S/C6H10F3NO/c1-11-5(6(7,8)9)2-3-10-4-5/h10H,2-4H2,1H3. The van der Waals surface area contributed by atoms with Crippen LogP contribution >= 0.6 is 0 Å². The molecule has 2 nitrogen and oxygen atoms in total. The fourth-order valence-corrected chi connectivity index (χ4v) is 1.20. The highest BCUT2D eigenvalue weighted by Crippen LogP contribution is 2.37. The topological polar surface area (TPSA) is 21.3 Å². The van der Waals surface area contributed by atoms with E-state index in [-0.39, 0.29) is 13.0 Å². The van der Waals surface area contributed by atoms with Crippen molar-refractivity contribution in [2.45, 2.75) is 18.2 Å². The van der Waals surface area contributed by atoms with Gasteiger partial charge in [-0.15, -0.1) is 0 Å². The van der Waals surface area contributed by atoms with Gasteiger partial charge in [0.2, 0.25) is 0 Å². The Morgan fingerprint density at radius 2 is 2.09 bits per heavy atom. The molecule has 1 atom stereocenters. The maximum Gasteiger partial charge on any atom is 0.418 e. The summed E-state index contributed by atoms with van der Waals surface area (Å²) < 4.78 is 41.2. The molecule has 0 spiro atoms. The first-order chi connectivity index (χ1) is 5.02. The monoisotopic (exact) mass is 169 g/mol. The first kappa shape index (κ1) is 8.80. The summed E-state index contributed by atoms with van der Waals surface area (Å²) in [5, 5.41) is 2.63. The van der Waals surface area contributed by atoms with E-state index in [0.29, 0.717) is 6.54 Å². The zero-order valence-corrected chi connectivity index (χ0v) is 6.16. The molecule has 0 bridgehead atoms. The Kier molecular flexibility index (Phi) is 2.11. The number of halogens is 3. The smallest absolute Gasteiger partial charge is 0.367 e. The summed E-state index contributed by atoms with van der Waals surface area (Å²) in [5.74, 6) is 0. The molecule has 11 heavy (non-hydrogen) atoms. The fraction of sp³-hybridized carbons (Fsp3) is 1.00. The van der Waals surface area contributed by atoms with E-state index in [0.717, 1.165) is 7.11 Å². The summed E-state index contributed by atoms with van der Waals surface area (Å²) in [6, 6.07) is 0. The molecule has 1 fully saturated rings. The quantitative estimate of drug-likeness (QED) is 0.630. The van der Waals surface area contributed by atoms with Gasteiger partial charge < -0.3 is 10.1 Å². The van der Waals surface area contributed by atoms with Crippen molar-refractivity contribution in [3.63, 3.8) is 0 Å². The Morgan fingerprint density at radius 1 is 1.45 bits per heavy atom. The zero-order chi connectivity index (χ0) is 8.54. The molecule has 1 rings (SSSR count). The lowest BCUT2D eigenvalue weighted by Crippen LogP contribution is -2.48. The van der Waals surface area contributed by atoms with Gasteiger partial charge in [0.05, 0.1) is 0 Å². The minimum Gasteiger partial charge on any atom is -0.367 e. The van der Waals surface area contributed by atoms with Crippen LogP contribution in [-0.4, -0.2) is 32.0 Å². The third-order valence-corrected chi connectivity index (χ3v) is 2.02. The van der Waals surface area contributed by atoms with E-state index in [1.54, 1.807) is 0 Å². The molecule has 1 aliphatic rings. The summed E-state index contributed by atoms with van der Waals surface area (Å²) in [6.45, 7) is 0.236. The van der Waals surface area contributed by atoms with Crippen molar-refractivity contribution in [3.05, 3.63) is 0 Å². The number of nitrogens with one attached hydrogen (secondary N) is 1. The van der Waals surface area contributed by atoms with Crippen LogP contribution < -0.4 is 5.32 Å². The Hall–Kier alpha value is -0.290. The molecule has 0 radical (unpaired) electrons. The van der Waals surface area contributed by atoms with Crippen LogP contribution in [0.5, 0.6) is 0 Å². The SMILES string of the molecule is COC1(C(F)(F)F)CCNC1. The summed E-state index contributed by atoms with van der Waals surface area (Å²) in [4.78, 5) is 0. The van der Waals surface area contributed by atoms with E-state index in [2.05, 4.69) is 10.1 Å². The van der Waals surface area contributed by atoms with E-state index in [1.807, 2.05) is 0 Å². The van der Waals surface area contributed by atoms with E-state index in [1.165, 1.54) is 0 Å². The molecule has 0 aliphatic carbocycles. The van der Waals surface area contributed by atoms with Crippen molar-refractivity contribution in [1.82, 2.24) is 5.32 Å². The summed E-state index contributed by atoms with van der Waals surface area (Å²) in [5.41, 5.74) is -1.94. The first-order valence-corrected chi connectivity index (χ1v) is 3.34. The van der Waals surface area contributed by atoms with E-state index >= 15 is 0 Å². The number of alkyl halides is 3. The lowest BCUT2D eigenvalue weighted by atomic mass is 10.0. The van der Waals surface area contributed by atoms with Crippen LogP contribution in [0.15, 0.2) is 0 Å². The largest absolute Gasteiger partial charge is 0.418 e. The maximum absolute atomic E-state index is 12.3. The molecule has 0 aromatic heterocycles. The second kappa shape index (κ2) is 2.64. The lowest BCUT2D eigenvalue weighted by Gasteiger charge is -2.28. The van der Waals surface area contributed by atoms with Crippen LogP contribution in [0.2, 0.25) is 0 Å². The van der Waals surface area contributed by atoms with Crippen LogP contribution in [0.1, 0.15) is 6.42 Å². The third kappa shape index (κ3) is 1.35. The normalized spacial score (nSPS) is 32.7. The molecule has 5 heteroatoms. The van der Waals surface area contributed by atoms with Crippen LogP contribution in [0, 0.1) is 0 Å². The average Bonchev–Trinajstić information content (AvgIpc) is 2.33. The molecular weight excluding hydrogens is 159 g/mol. The number of hydrogen-bond acceptors (Lipinski definition) is 2. The van der Waals surface area contributed by atoms with Gasteiger partial charge >= 0.3 is 6.18 Å². The summed E-state index contributed by atoms with van der Waals surface area (Å²) in [6.07, 6.45) is -4.25. The Morgan fingerprint density at radius 3 is 2.27 bits per heavy atom. The van der Waals surface area contributed by atoms with Gasteiger partial charge in [0.15, 0.2) is 5.60 Å². The second-order valence-corrected chi connectivity index (χ2v) is 2.62. The predicted octanol–water partition coefficient (Wildman–Crippen LogP) is 0.927. The van der Waals surface area contributed by atoms with Gasteiger partial charge in [-0.3, -0.25) is 0 Å². The molecule has 1 heterocycles. The van der Waals surface area contributed by atoms with Crippen LogP contribution in [0.25, 0.3) is 0 Å². The van der Waals surface area contributed by atoms with Crippen LogP contribution in [0.3, 0.4) is 0 Å². The fourth-order valence-electron chi connectivity index (χ4n) is 1.20.